The zero-order valence-corrected chi connectivity index (χ0v) is 19.8. The zero-order chi connectivity index (χ0) is 25.0. The molecule has 3 N–H and O–H groups in total. The number of oxazole rings is 1. The molecule has 4 aromatic rings. The number of hydrogen-bond donors (Lipinski definition) is 3. The summed E-state index contributed by atoms with van der Waals surface area (Å²) in [5.41, 5.74) is 1.56. The van der Waals surface area contributed by atoms with E-state index in [9.17, 15) is 18.8 Å². The molecule has 0 saturated heterocycles. The Balaban J connectivity index is 0.954. The molecule has 186 valence electrons. The molecule has 1 aromatic carbocycles. The quantitative estimate of drug-likeness (QED) is 0.331. The van der Waals surface area contributed by atoms with Crippen molar-refractivity contribution < 1.29 is 18.4 Å². The molecular formula is C25H18ClFN6O4. The summed E-state index contributed by atoms with van der Waals surface area (Å²) < 4.78 is 20.5. The van der Waals surface area contributed by atoms with Crippen molar-refractivity contribution in [3.8, 4) is 0 Å². The number of hydrogen-bond acceptors (Lipinski definition) is 6. The molecule has 6 aliphatic carbocycles. The van der Waals surface area contributed by atoms with E-state index in [0.29, 0.717) is 58.7 Å². The molecule has 0 radical (unpaired) electrons. The van der Waals surface area contributed by atoms with Crippen LogP contribution in [-0.2, 0) is 6.54 Å². The lowest BCUT2D eigenvalue weighted by Crippen LogP contribution is -3.12. The van der Waals surface area contributed by atoms with Gasteiger partial charge in [0.1, 0.15) is 11.4 Å². The van der Waals surface area contributed by atoms with Gasteiger partial charge in [0.2, 0.25) is 0 Å². The molecule has 0 aliphatic heterocycles. The third kappa shape index (κ3) is 2.01. The summed E-state index contributed by atoms with van der Waals surface area (Å²) in [4.78, 5) is 44.3. The maximum absolute atomic E-state index is 14.4. The molecule has 10 nitrogen and oxygen atoms in total. The first-order valence-corrected chi connectivity index (χ1v) is 12.6. The Bertz CT molecular complexity index is 1750. The summed E-state index contributed by atoms with van der Waals surface area (Å²) >= 11 is 6.71. The topological polar surface area (TPSA) is 134 Å². The van der Waals surface area contributed by atoms with Gasteiger partial charge in [-0.25, -0.2) is 18.7 Å². The number of nitrogens with one attached hydrogen (secondary N) is 3. The van der Waals surface area contributed by atoms with Crippen molar-refractivity contribution in [2.75, 3.05) is 6.54 Å². The van der Waals surface area contributed by atoms with Crippen molar-refractivity contribution in [3.63, 3.8) is 0 Å². The highest BCUT2D eigenvalue weighted by molar-refractivity contribution is 6.28. The average molecular weight is 521 g/mol. The highest BCUT2D eigenvalue weighted by Gasteiger charge is 3.09. The van der Waals surface area contributed by atoms with Crippen LogP contribution in [0.3, 0.4) is 0 Å². The average Bonchev–Trinajstić information content (AvgIpc) is 3.47. The molecule has 3 heterocycles. The van der Waals surface area contributed by atoms with Crippen LogP contribution in [0.4, 0.5) is 4.39 Å². The minimum absolute atomic E-state index is 0.0437. The Hall–Kier alpha value is -3.73. The zero-order valence-electron chi connectivity index (χ0n) is 19.0. The Morgan fingerprint density at radius 3 is 2.62 bits per heavy atom. The van der Waals surface area contributed by atoms with Gasteiger partial charge < -0.3 is 15.1 Å². The number of aromatic nitrogens is 4. The molecular weight excluding hydrogens is 503 g/mol. The van der Waals surface area contributed by atoms with E-state index < -0.39 is 23.4 Å². The first kappa shape index (κ1) is 20.3. The normalized spacial score (nSPS) is 36.6. The molecule has 12 heteroatoms. The molecule has 0 spiro atoms. The van der Waals surface area contributed by atoms with Gasteiger partial charge in [-0.15, -0.1) is 11.6 Å². The summed E-state index contributed by atoms with van der Waals surface area (Å²) in [5.74, 6) is 1.48. The Kier molecular flexibility index (Phi) is 3.32. The van der Waals surface area contributed by atoms with E-state index in [1.54, 1.807) is 18.2 Å². The molecule has 2 amide bonds. The Morgan fingerprint density at radius 2 is 1.86 bits per heavy atom. The number of rotatable bonds is 6. The van der Waals surface area contributed by atoms with E-state index >= 15 is 0 Å². The number of carbonyl (C=O) groups excluding carboxylic acids is 2. The van der Waals surface area contributed by atoms with Crippen molar-refractivity contribution in [2.45, 2.75) is 11.4 Å². The number of nitrogens with zero attached hydrogens (tertiary/aromatic N) is 3. The summed E-state index contributed by atoms with van der Waals surface area (Å²) in [6.07, 6.45) is 0.972. The van der Waals surface area contributed by atoms with Crippen molar-refractivity contribution in [1.29, 1.82) is 0 Å². The molecule has 6 fully saturated rings. The van der Waals surface area contributed by atoms with Gasteiger partial charge in [0.05, 0.1) is 16.6 Å². The lowest BCUT2D eigenvalue weighted by molar-refractivity contribution is -0.596. The number of amides is 2. The SMILES string of the molecule is O=C(NCc1ccc2oc(=O)[nH]c2c1)c1cc(C(=O)NCC23C4C5C2C2C3C4C52Cl)n2ncc(F)c2n1. The van der Waals surface area contributed by atoms with Crippen LogP contribution in [0.5, 0.6) is 0 Å². The first-order valence-electron chi connectivity index (χ1n) is 12.3. The summed E-state index contributed by atoms with van der Waals surface area (Å²) in [6, 6.07) is 6.34. The number of carbonyl (C=O) groups is 2. The predicted molar refractivity (Wildman–Crippen MR) is 125 cm³/mol. The van der Waals surface area contributed by atoms with Crippen molar-refractivity contribution in [1.82, 2.24) is 30.2 Å². The van der Waals surface area contributed by atoms with Crippen LogP contribution in [0.1, 0.15) is 26.5 Å². The Morgan fingerprint density at radius 1 is 1.11 bits per heavy atom. The van der Waals surface area contributed by atoms with Crippen molar-refractivity contribution >= 4 is 40.2 Å². The van der Waals surface area contributed by atoms with E-state index in [0.717, 1.165) is 10.7 Å². The second-order valence-electron chi connectivity index (χ2n) is 11.1. The summed E-state index contributed by atoms with van der Waals surface area (Å²) in [5, 5.41) is 9.71. The van der Waals surface area contributed by atoms with E-state index in [4.69, 9.17) is 16.0 Å². The first-order chi connectivity index (χ1) is 17.8. The maximum atomic E-state index is 14.4. The second-order valence-corrected chi connectivity index (χ2v) is 11.7. The molecule has 0 unspecified atom stereocenters. The lowest BCUT2D eigenvalue weighted by atomic mass is 8.96. The van der Waals surface area contributed by atoms with E-state index in [2.05, 4.69) is 25.7 Å². The van der Waals surface area contributed by atoms with Gasteiger partial charge in [0.15, 0.2) is 17.0 Å². The standard InChI is InChI=1S/C25H18ClFN6O4/c26-25-17-14-18(25)16-19(25)15(17)24(14,16)7-29-22(35)12-4-11(31-20-9(27)6-30-33(12)20)21(34)28-5-8-1-2-13-10(3-8)32-23(36)37-13/h1-4,6,14-19H,5,7H2,(H,28,34)(H,29,35)(H,32,36). The van der Waals surface area contributed by atoms with Gasteiger partial charge in [-0.3, -0.25) is 14.6 Å². The predicted octanol–water partition coefficient (Wildman–Crippen LogP) is 1.69. The van der Waals surface area contributed by atoms with Gasteiger partial charge in [0.25, 0.3) is 11.8 Å². The van der Waals surface area contributed by atoms with Crippen LogP contribution in [-0.4, -0.2) is 42.8 Å². The van der Waals surface area contributed by atoms with E-state index in [-0.39, 0.29) is 33.9 Å². The van der Waals surface area contributed by atoms with Crippen molar-refractivity contribution in [3.05, 3.63) is 63.8 Å². The maximum Gasteiger partial charge on any atom is 0.417 e. The van der Waals surface area contributed by atoms with Crippen LogP contribution in [0.15, 0.2) is 39.7 Å². The molecule has 10 rings (SSSR count). The van der Waals surface area contributed by atoms with Gasteiger partial charge >= 0.3 is 5.76 Å². The summed E-state index contributed by atoms with van der Waals surface area (Å²) in [6.45, 7) is 0.687. The van der Waals surface area contributed by atoms with Crippen molar-refractivity contribution in [2.24, 2.45) is 40.9 Å². The van der Waals surface area contributed by atoms with Crippen LogP contribution < -0.4 is 16.4 Å². The van der Waals surface area contributed by atoms with E-state index in [1.807, 2.05) is 0 Å². The van der Waals surface area contributed by atoms with Gasteiger partial charge in [0, 0.05) is 19.2 Å². The highest BCUT2D eigenvalue weighted by atomic mass is 35.5. The fraction of sp³-hybridized carbons (Fsp3) is 0.400. The fourth-order valence-electron chi connectivity index (χ4n) is 8.89. The molecule has 37 heavy (non-hydrogen) atoms. The second kappa shape index (κ2) is 6.04. The number of aromatic amines is 1. The molecule has 0 bridgehead atoms. The van der Waals surface area contributed by atoms with E-state index in [1.165, 1.54) is 6.07 Å². The van der Waals surface area contributed by atoms with Gasteiger partial charge in [-0.2, -0.15) is 5.10 Å². The van der Waals surface area contributed by atoms with Crippen LogP contribution in [0, 0.1) is 46.7 Å². The fourth-order valence-corrected chi connectivity index (χ4v) is 9.71. The molecule has 0 atom stereocenters. The third-order valence-corrected chi connectivity index (χ3v) is 10.9. The largest absolute Gasteiger partial charge is 0.417 e. The number of benzene rings is 1. The molecule has 6 aliphatic rings. The molecule has 3 aromatic heterocycles. The number of halogens is 2. The smallest absolute Gasteiger partial charge is 0.408 e. The van der Waals surface area contributed by atoms with Crippen LogP contribution in [0.25, 0.3) is 16.7 Å². The summed E-state index contributed by atoms with van der Waals surface area (Å²) in [7, 11) is 0. The number of H-pyrrole nitrogens is 1. The number of alkyl halides is 1. The van der Waals surface area contributed by atoms with Crippen LogP contribution >= 0.6 is 11.6 Å². The highest BCUT2D eigenvalue weighted by Crippen LogP contribution is 3.08. The molecule has 6 saturated carbocycles. The Labute approximate surface area is 211 Å². The monoisotopic (exact) mass is 520 g/mol. The van der Waals surface area contributed by atoms with Gasteiger partial charge in [-0.1, -0.05) is 6.07 Å². The minimum atomic E-state index is -0.730. The minimum Gasteiger partial charge on any atom is -0.408 e. The lowest BCUT2D eigenvalue weighted by Gasteiger charge is -3.10. The third-order valence-electron chi connectivity index (χ3n) is 10.1. The number of fused-ring (bicyclic) bond motifs is 2. The van der Waals surface area contributed by atoms with Crippen LogP contribution in [0.2, 0.25) is 0 Å². The van der Waals surface area contributed by atoms with Gasteiger partial charge in [-0.05, 0) is 58.6 Å².